The number of carboxylic acids is 1. The molecule has 2 aromatic heterocycles. The average Bonchev–Trinajstić information content (AvgIpc) is 3.13. The van der Waals surface area contributed by atoms with Gasteiger partial charge in [-0.05, 0) is 30.7 Å². The van der Waals surface area contributed by atoms with E-state index in [1.807, 2.05) is 18.2 Å². The predicted molar refractivity (Wildman–Crippen MR) is 108 cm³/mol. The van der Waals surface area contributed by atoms with Crippen molar-refractivity contribution in [1.82, 2.24) is 9.97 Å². The number of rotatable bonds is 5. The average molecular weight is 408 g/mol. The lowest BCUT2D eigenvalue weighted by atomic mass is 10.0. The molecule has 8 heteroatoms. The van der Waals surface area contributed by atoms with Gasteiger partial charge in [0.1, 0.15) is 11.5 Å². The fraction of sp³-hybridized carbons (Fsp3) is 0.0952. The molecule has 0 aliphatic rings. The molecule has 0 atom stereocenters. The predicted octanol–water partition coefficient (Wildman–Crippen LogP) is 5.11. The molecule has 6 nitrogen and oxygen atoms in total. The zero-order valence-electron chi connectivity index (χ0n) is 15.3. The van der Waals surface area contributed by atoms with Crippen LogP contribution >= 0.6 is 11.3 Å². The summed E-state index contributed by atoms with van der Waals surface area (Å²) in [6, 6.07) is 11.8. The standard InChI is InChI=1S/C21H14FN3O3S/c1-12-6-7-14(16(22)8-12)15-11-29-20(19(15)21(26)27)25(28)10-13-9-23-17-4-2-3-5-18(17)24-13/h2-9,11H,10H2,1H3/p+1. The van der Waals surface area contributed by atoms with Crippen LogP contribution < -0.4 is 0 Å². The topological polar surface area (TPSA) is 83.2 Å². The maximum absolute atomic E-state index is 14.4. The van der Waals surface area contributed by atoms with Gasteiger partial charge >= 0.3 is 11.0 Å². The van der Waals surface area contributed by atoms with Crippen molar-refractivity contribution >= 4 is 33.3 Å². The van der Waals surface area contributed by atoms with Crippen molar-refractivity contribution in [2.45, 2.75) is 13.5 Å². The lowest BCUT2D eigenvalue weighted by Crippen LogP contribution is -2.07. The highest BCUT2D eigenvalue weighted by molar-refractivity contribution is 7.14. The number of thiophene rings is 1. The van der Waals surface area contributed by atoms with Crippen molar-refractivity contribution in [2.75, 3.05) is 0 Å². The van der Waals surface area contributed by atoms with E-state index < -0.39 is 11.8 Å². The fourth-order valence-corrected chi connectivity index (χ4v) is 4.04. The van der Waals surface area contributed by atoms with Gasteiger partial charge in [-0.3, -0.25) is 4.98 Å². The normalized spacial score (nSPS) is 11.0. The number of aromatic nitrogens is 2. The molecular weight excluding hydrogens is 393 g/mol. The highest BCUT2D eigenvalue weighted by Crippen LogP contribution is 2.38. The Kier molecular flexibility index (Phi) is 4.85. The number of aryl methyl sites for hydroxylation is 1. The molecule has 0 aliphatic carbocycles. The largest absolute Gasteiger partial charge is 0.477 e. The Morgan fingerprint density at radius 2 is 1.93 bits per heavy atom. The van der Waals surface area contributed by atoms with Crippen LogP contribution in [0.2, 0.25) is 0 Å². The monoisotopic (exact) mass is 408 g/mol. The first-order valence-corrected chi connectivity index (χ1v) is 9.58. The Bertz CT molecular complexity index is 1270. The second-order valence-corrected chi connectivity index (χ2v) is 7.36. The van der Waals surface area contributed by atoms with Crippen LogP contribution in [0.1, 0.15) is 21.6 Å². The van der Waals surface area contributed by atoms with Crippen LogP contribution in [0.4, 0.5) is 9.39 Å². The molecule has 2 heterocycles. The molecule has 4 rings (SSSR count). The molecular formula is C21H15FN3O3S+. The van der Waals surface area contributed by atoms with Crippen molar-refractivity contribution in [3.05, 3.63) is 81.6 Å². The highest BCUT2D eigenvalue weighted by atomic mass is 32.1. The molecule has 0 fully saturated rings. The molecule has 1 N–H and O–H groups in total. The van der Waals surface area contributed by atoms with E-state index in [0.29, 0.717) is 21.5 Å². The highest BCUT2D eigenvalue weighted by Gasteiger charge is 2.31. The maximum atomic E-state index is 14.4. The molecule has 0 aliphatic heterocycles. The number of aromatic carboxylic acids is 1. The molecule has 29 heavy (non-hydrogen) atoms. The number of fused-ring (bicyclic) bond motifs is 1. The van der Waals surface area contributed by atoms with Crippen molar-refractivity contribution in [3.8, 4) is 11.1 Å². The van der Waals surface area contributed by atoms with Gasteiger partial charge in [-0.1, -0.05) is 35.6 Å². The molecule has 0 radical (unpaired) electrons. The number of carbonyl (C=O) groups is 1. The smallest absolute Gasteiger partial charge is 0.344 e. The summed E-state index contributed by atoms with van der Waals surface area (Å²) in [5.41, 5.74) is 2.58. The molecule has 0 saturated carbocycles. The van der Waals surface area contributed by atoms with Crippen LogP contribution in [0.15, 0.2) is 54.0 Å². The van der Waals surface area contributed by atoms with Crippen molar-refractivity contribution in [2.24, 2.45) is 0 Å². The first-order chi connectivity index (χ1) is 13.9. The van der Waals surface area contributed by atoms with E-state index in [0.717, 1.165) is 16.9 Å². The minimum absolute atomic E-state index is 0.0116. The van der Waals surface area contributed by atoms with Crippen LogP contribution in [0.5, 0.6) is 0 Å². The Morgan fingerprint density at radius 1 is 1.17 bits per heavy atom. The van der Waals surface area contributed by atoms with Gasteiger partial charge in [-0.25, -0.2) is 14.2 Å². The third-order valence-corrected chi connectivity index (χ3v) is 5.42. The Labute approximate surface area is 168 Å². The molecule has 0 bridgehead atoms. The van der Waals surface area contributed by atoms with Gasteiger partial charge in [0.15, 0.2) is 5.56 Å². The SMILES string of the molecule is Cc1ccc(-c2csc([N+](=O)Cc3cnc4ccccc4n3)c2C(=O)O)c(F)c1. The molecule has 0 spiro atoms. The number of hydrogen-bond donors (Lipinski definition) is 1. The first-order valence-electron chi connectivity index (χ1n) is 8.70. The van der Waals surface area contributed by atoms with Crippen LogP contribution in [-0.4, -0.2) is 25.8 Å². The Balaban J connectivity index is 1.71. The number of benzene rings is 2. The van der Waals surface area contributed by atoms with Gasteiger partial charge in [-0.15, -0.1) is 0 Å². The minimum atomic E-state index is -1.29. The van der Waals surface area contributed by atoms with E-state index in [1.165, 1.54) is 23.7 Å². The maximum Gasteiger partial charge on any atom is 0.344 e. The summed E-state index contributed by atoms with van der Waals surface area (Å²) in [6.07, 6.45) is 1.49. The summed E-state index contributed by atoms with van der Waals surface area (Å²) in [6.45, 7) is 1.57. The van der Waals surface area contributed by atoms with Gasteiger partial charge in [0.25, 0.3) is 0 Å². The molecule has 0 saturated heterocycles. The first kappa shape index (κ1) is 18.8. The summed E-state index contributed by atoms with van der Waals surface area (Å²) >= 11 is 0.961. The summed E-state index contributed by atoms with van der Waals surface area (Å²) in [5, 5.41) is 11.2. The minimum Gasteiger partial charge on any atom is -0.477 e. The lowest BCUT2D eigenvalue weighted by Gasteiger charge is -2.03. The van der Waals surface area contributed by atoms with Crippen LogP contribution in [-0.2, 0) is 6.54 Å². The quantitative estimate of drug-likeness (QED) is 0.464. The molecule has 0 amide bonds. The zero-order valence-corrected chi connectivity index (χ0v) is 16.1. The molecule has 0 unspecified atom stereocenters. The number of nitroso groups, excluding NO2 is 1. The number of carboxylic acid groups (broad SMARTS) is 1. The summed E-state index contributed by atoms with van der Waals surface area (Å²) in [5.74, 6) is -1.82. The number of nitrogens with zero attached hydrogens (tertiary/aromatic N) is 3. The lowest BCUT2D eigenvalue weighted by molar-refractivity contribution is -0.477. The Morgan fingerprint density at radius 3 is 2.66 bits per heavy atom. The summed E-state index contributed by atoms with van der Waals surface area (Å²) in [7, 11) is 0. The second kappa shape index (κ2) is 7.48. The Hall–Kier alpha value is -3.52. The zero-order chi connectivity index (χ0) is 20.5. The number of hydrogen-bond acceptors (Lipinski definition) is 5. The van der Waals surface area contributed by atoms with Gasteiger partial charge < -0.3 is 5.11 Å². The van der Waals surface area contributed by atoms with Crippen LogP contribution in [0, 0.1) is 17.6 Å². The number of para-hydroxylation sites is 2. The van der Waals surface area contributed by atoms with Crippen molar-refractivity contribution in [1.29, 1.82) is 0 Å². The third-order valence-electron chi connectivity index (χ3n) is 4.43. The van der Waals surface area contributed by atoms with E-state index in [2.05, 4.69) is 9.97 Å². The van der Waals surface area contributed by atoms with E-state index >= 15 is 0 Å². The van der Waals surface area contributed by atoms with E-state index in [4.69, 9.17) is 0 Å². The van der Waals surface area contributed by atoms with Crippen LogP contribution in [0.25, 0.3) is 22.2 Å². The summed E-state index contributed by atoms with van der Waals surface area (Å²) in [4.78, 5) is 33.3. The molecule has 2 aromatic carbocycles. The molecule has 144 valence electrons. The van der Waals surface area contributed by atoms with Gasteiger partial charge in [0.05, 0.1) is 22.0 Å². The van der Waals surface area contributed by atoms with E-state index in [1.54, 1.807) is 19.1 Å². The fourth-order valence-electron chi connectivity index (χ4n) is 3.07. The molecule has 4 aromatic rings. The van der Waals surface area contributed by atoms with E-state index in [-0.39, 0.29) is 28.2 Å². The third kappa shape index (κ3) is 3.62. The van der Waals surface area contributed by atoms with Crippen molar-refractivity contribution < 1.29 is 19.1 Å². The second-order valence-electron chi connectivity index (χ2n) is 6.50. The van der Waals surface area contributed by atoms with Crippen LogP contribution in [0.3, 0.4) is 0 Å². The van der Waals surface area contributed by atoms with E-state index in [9.17, 15) is 19.2 Å². The van der Waals surface area contributed by atoms with Gasteiger partial charge in [-0.2, -0.15) is 0 Å². The van der Waals surface area contributed by atoms with Gasteiger partial charge in [0, 0.05) is 21.4 Å². The number of halogens is 1. The van der Waals surface area contributed by atoms with Gasteiger partial charge in [0.2, 0.25) is 6.54 Å². The summed E-state index contributed by atoms with van der Waals surface area (Å²) < 4.78 is 14.9. The van der Waals surface area contributed by atoms with Crippen molar-refractivity contribution in [3.63, 3.8) is 0 Å².